The van der Waals surface area contributed by atoms with E-state index in [2.05, 4.69) is 0 Å². The second-order valence-electron chi connectivity index (χ2n) is 6.76. The molecule has 1 amide bonds. The summed E-state index contributed by atoms with van der Waals surface area (Å²) in [4.78, 5) is 14.7. The quantitative estimate of drug-likeness (QED) is 0.579. The summed E-state index contributed by atoms with van der Waals surface area (Å²) in [5, 5.41) is 0.675. The lowest BCUT2D eigenvalue weighted by Gasteiger charge is -2.19. The van der Waals surface area contributed by atoms with Crippen molar-refractivity contribution in [2.24, 2.45) is 0 Å². The van der Waals surface area contributed by atoms with Gasteiger partial charge in [-0.15, -0.1) is 0 Å². The van der Waals surface area contributed by atoms with Crippen molar-refractivity contribution in [1.82, 2.24) is 4.90 Å². The normalized spacial score (nSPS) is 11.9. The molecule has 0 saturated carbocycles. The van der Waals surface area contributed by atoms with Crippen LogP contribution in [0.3, 0.4) is 0 Å². The third-order valence-electron chi connectivity index (χ3n) is 4.63. The molecule has 0 N–H and O–H groups in total. The molecule has 0 saturated heterocycles. The van der Waals surface area contributed by atoms with Crippen LogP contribution in [-0.2, 0) is 13.2 Å². The second kappa shape index (κ2) is 8.45. The minimum Gasteiger partial charge on any atom is -0.488 e. The minimum atomic E-state index is -0.116. The SMILES string of the molecule is CN(Cc1ccc2c(c1)OCO2)C(=O)c1ccccc1OCc1ccc(Cl)cc1. The summed E-state index contributed by atoms with van der Waals surface area (Å²) in [5.74, 6) is 1.86. The summed E-state index contributed by atoms with van der Waals surface area (Å²) in [6.45, 7) is 1.03. The van der Waals surface area contributed by atoms with Gasteiger partial charge in [-0.2, -0.15) is 0 Å². The zero-order valence-corrected chi connectivity index (χ0v) is 16.7. The highest BCUT2D eigenvalue weighted by molar-refractivity contribution is 6.30. The van der Waals surface area contributed by atoms with E-state index in [9.17, 15) is 4.79 Å². The first-order valence-corrected chi connectivity index (χ1v) is 9.58. The van der Waals surface area contributed by atoms with Crippen molar-refractivity contribution in [3.05, 3.63) is 88.4 Å². The first-order valence-electron chi connectivity index (χ1n) is 9.20. The molecular weight excluding hydrogens is 390 g/mol. The van der Waals surface area contributed by atoms with Crippen molar-refractivity contribution >= 4 is 17.5 Å². The van der Waals surface area contributed by atoms with E-state index in [4.69, 9.17) is 25.8 Å². The van der Waals surface area contributed by atoms with Crippen LogP contribution in [0.4, 0.5) is 0 Å². The van der Waals surface area contributed by atoms with Gasteiger partial charge >= 0.3 is 0 Å². The van der Waals surface area contributed by atoms with Crippen LogP contribution in [0.5, 0.6) is 17.2 Å². The lowest BCUT2D eigenvalue weighted by atomic mass is 10.1. The highest BCUT2D eigenvalue weighted by Crippen LogP contribution is 2.33. The molecule has 0 aliphatic carbocycles. The minimum absolute atomic E-state index is 0.116. The Labute approximate surface area is 174 Å². The average molecular weight is 410 g/mol. The standard InChI is InChI=1S/C23H20ClNO4/c1-25(13-17-8-11-21-22(12-17)29-15-28-21)23(26)19-4-2-3-5-20(19)27-14-16-6-9-18(24)10-7-16/h2-12H,13-15H2,1H3. The van der Waals surface area contributed by atoms with Crippen molar-refractivity contribution in [3.63, 3.8) is 0 Å². The first-order chi connectivity index (χ1) is 14.1. The van der Waals surface area contributed by atoms with Gasteiger partial charge in [0.25, 0.3) is 5.91 Å². The number of fused-ring (bicyclic) bond motifs is 1. The van der Waals surface area contributed by atoms with Crippen LogP contribution in [0.25, 0.3) is 0 Å². The zero-order valence-electron chi connectivity index (χ0n) is 15.9. The Bertz CT molecular complexity index is 1020. The number of para-hydroxylation sites is 1. The summed E-state index contributed by atoms with van der Waals surface area (Å²) in [6, 6.07) is 20.4. The molecule has 0 radical (unpaired) electrons. The molecule has 6 heteroatoms. The van der Waals surface area contributed by atoms with E-state index in [-0.39, 0.29) is 12.7 Å². The Morgan fingerprint density at radius 2 is 1.72 bits per heavy atom. The Morgan fingerprint density at radius 1 is 1.00 bits per heavy atom. The molecule has 3 aromatic rings. The van der Waals surface area contributed by atoms with Gasteiger partial charge in [0, 0.05) is 18.6 Å². The predicted molar refractivity (Wildman–Crippen MR) is 111 cm³/mol. The average Bonchev–Trinajstić information content (AvgIpc) is 3.21. The smallest absolute Gasteiger partial charge is 0.257 e. The van der Waals surface area contributed by atoms with Crippen LogP contribution in [-0.4, -0.2) is 24.6 Å². The zero-order chi connectivity index (χ0) is 20.2. The third-order valence-corrected chi connectivity index (χ3v) is 4.88. The van der Waals surface area contributed by atoms with Gasteiger partial charge in [-0.25, -0.2) is 0 Å². The number of benzene rings is 3. The van der Waals surface area contributed by atoms with E-state index in [1.54, 1.807) is 24.1 Å². The van der Waals surface area contributed by atoms with Crippen LogP contribution in [0, 0.1) is 0 Å². The van der Waals surface area contributed by atoms with E-state index < -0.39 is 0 Å². The molecular formula is C23H20ClNO4. The monoisotopic (exact) mass is 409 g/mol. The van der Waals surface area contributed by atoms with Gasteiger partial charge in [0.1, 0.15) is 12.4 Å². The van der Waals surface area contributed by atoms with Gasteiger partial charge in [0.05, 0.1) is 5.56 Å². The Kier molecular flexibility index (Phi) is 5.58. The molecule has 0 aromatic heterocycles. The molecule has 0 fully saturated rings. The molecule has 0 unspecified atom stereocenters. The van der Waals surface area contributed by atoms with E-state index in [1.807, 2.05) is 54.6 Å². The summed E-state index contributed by atoms with van der Waals surface area (Å²) in [7, 11) is 1.77. The molecule has 148 valence electrons. The summed E-state index contributed by atoms with van der Waals surface area (Å²) >= 11 is 5.92. The molecule has 0 atom stereocenters. The fourth-order valence-electron chi connectivity index (χ4n) is 3.10. The first kappa shape index (κ1) is 19.2. The second-order valence-corrected chi connectivity index (χ2v) is 7.20. The summed E-state index contributed by atoms with van der Waals surface area (Å²) in [5.41, 5.74) is 2.46. The van der Waals surface area contributed by atoms with E-state index >= 15 is 0 Å². The summed E-state index contributed by atoms with van der Waals surface area (Å²) < 4.78 is 16.7. The maximum Gasteiger partial charge on any atom is 0.257 e. The molecule has 29 heavy (non-hydrogen) atoms. The number of nitrogens with zero attached hydrogens (tertiary/aromatic N) is 1. The third kappa shape index (κ3) is 4.46. The van der Waals surface area contributed by atoms with Crippen molar-refractivity contribution < 1.29 is 19.0 Å². The molecule has 1 aliphatic heterocycles. The van der Waals surface area contributed by atoms with Crippen molar-refractivity contribution in [2.45, 2.75) is 13.2 Å². The maximum atomic E-state index is 13.0. The maximum absolute atomic E-state index is 13.0. The van der Waals surface area contributed by atoms with Gasteiger partial charge < -0.3 is 19.1 Å². The van der Waals surface area contributed by atoms with E-state index in [1.165, 1.54) is 0 Å². The Hall–Kier alpha value is -3.18. The number of hydrogen-bond donors (Lipinski definition) is 0. The number of hydrogen-bond acceptors (Lipinski definition) is 4. The van der Waals surface area contributed by atoms with Gasteiger partial charge in [-0.05, 0) is 47.5 Å². The lowest BCUT2D eigenvalue weighted by Crippen LogP contribution is -2.26. The molecule has 0 bridgehead atoms. The molecule has 3 aromatic carbocycles. The number of rotatable bonds is 6. The molecule has 1 heterocycles. The van der Waals surface area contributed by atoms with Crippen molar-refractivity contribution in [2.75, 3.05) is 13.8 Å². The number of ether oxygens (including phenoxy) is 3. The summed E-state index contributed by atoms with van der Waals surface area (Å²) in [6.07, 6.45) is 0. The molecule has 4 rings (SSSR count). The highest BCUT2D eigenvalue weighted by Gasteiger charge is 2.19. The Morgan fingerprint density at radius 3 is 2.55 bits per heavy atom. The van der Waals surface area contributed by atoms with E-state index in [0.717, 1.165) is 16.9 Å². The van der Waals surface area contributed by atoms with E-state index in [0.29, 0.717) is 35.2 Å². The lowest BCUT2D eigenvalue weighted by molar-refractivity contribution is 0.0780. The number of carbonyl (C=O) groups excluding carboxylic acids is 1. The number of amides is 1. The molecule has 5 nitrogen and oxygen atoms in total. The number of halogens is 1. The van der Waals surface area contributed by atoms with Crippen molar-refractivity contribution in [3.8, 4) is 17.2 Å². The fourth-order valence-corrected chi connectivity index (χ4v) is 3.23. The van der Waals surface area contributed by atoms with Crippen LogP contribution in [0.2, 0.25) is 5.02 Å². The van der Waals surface area contributed by atoms with Gasteiger partial charge in [0.15, 0.2) is 11.5 Å². The number of carbonyl (C=O) groups is 1. The van der Waals surface area contributed by atoms with Crippen LogP contribution < -0.4 is 14.2 Å². The van der Waals surface area contributed by atoms with Gasteiger partial charge in [-0.1, -0.05) is 41.9 Å². The largest absolute Gasteiger partial charge is 0.488 e. The van der Waals surface area contributed by atoms with Crippen molar-refractivity contribution in [1.29, 1.82) is 0 Å². The van der Waals surface area contributed by atoms with Crippen LogP contribution in [0.1, 0.15) is 21.5 Å². The Balaban J connectivity index is 1.45. The molecule has 1 aliphatic rings. The predicted octanol–water partition coefficient (Wildman–Crippen LogP) is 4.92. The highest BCUT2D eigenvalue weighted by atomic mass is 35.5. The van der Waals surface area contributed by atoms with Crippen LogP contribution >= 0.6 is 11.6 Å². The topological polar surface area (TPSA) is 48.0 Å². The van der Waals surface area contributed by atoms with Gasteiger partial charge in [-0.3, -0.25) is 4.79 Å². The van der Waals surface area contributed by atoms with Crippen LogP contribution in [0.15, 0.2) is 66.7 Å². The molecule has 0 spiro atoms. The fraction of sp³-hybridized carbons (Fsp3) is 0.174. The van der Waals surface area contributed by atoms with Gasteiger partial charge in [0.2, 0.25) is 6.79 Å².